The minimum Gasteiger partial charge on any atom is -0.378 e. The zero-order chi connectivity index (χ0) is 22.2. The molecule has 0 saturated carbocycles. The molecule has 1 aliphatic rings. The van der Waals surface area contributed by atoms with E-state index in [2.05, 4.69) is 24.3 Å². The van der Waals surface area contributed by atoms with Crippen molar-refractivity contribution in [3.8, 4) is 11.4 Å². The van der Waals surface area contributed by atoms with E-state index in [0.29, 0.717) is 43.7 Å². The second-order valence-corrected chi connectivity index (χ2v) is 9.30. The molecule has 1 aromatic carbocycles. The summed E-state index contributed by atoms with van der Waals surface area (Å²) in [6.45, 7) is 6.45. The van der Waals surface area contributed by atoms with Crippen molar-refractivity contribution in [3.05, 3.63) is 51.8 Å². The first-order chi connectivity index (χ1) is 15.5. The van der Waals surface area contributed by atoms with E-state index < -0.39 is 0 Å². The van der Waals surface area contributed by atoms with Crippen molar-refractivity contribution < 1.29 is 9.53 Å². The third-order valence-corrected chi connectivity index (χ3v) is 6.70. The number of benzene rings is 1. The van der Waals surface area contributed by atoms with Crippen LogP contribution < -0.4 is 5.69 Å². The average Bonchev–Trinajstić information content (AvgIpc) is 3.42. The monoisotopic (exact) mass is 451 g/mol. The van der Waals surface area contributed by atoms with Gasteiger partial charge in [0.15, 0.2) is 11.5 Å². The fraction of sp³-hybridized carbons (Fsp3) is 0.391. The molecular weight excluding hydrogens is 426 g/mol. The number of fused-ring (bicyclic) bond motifs is 3. The zero-order valence-corrected chi connectivity index (χ0v) is 19.0. The SMILES string of the molecule is CC(C)Cc1csc2c1c1nc(-c3ccccc3)nn1c(=O)n2CC(=O)N1CCOCC1. The minimum absolute atomic E-state index is 0.0204. The summed E-state index contributed by atoms with van der Waals surface area (Å²) in [6, 6.07) is 9.63. The lowest BCUT2D eigenvalue weighted by molar-refractivity contribution is -0.135. The highest BCUT2D eigenvalue weighted by Gasteiger charge is 2.24. The number of nitrogens with zero attached hydrogens (tertiary/aromatic N) is 5. The van der Waals surface area contributed by atoms with Crippen LogP contribution in [0.5, 0.6) is 0 Å². The van der Waals surface area contributed by atoms with Crippen molar-refractivity contribution in [2.24, 2.45) is 5.92 Å². The van der Waals surface area contributed by atoms with Crippen molar-refractivity contribution in [3.63, 3.8) is 0 Å². The van der Waals surface area contributed by atoms with Crippen LogP contribution in [0.3, 0.4) is 0 Å². The summed E-state index contributed by atoms with van der Waals surface area (Å²) in [5, 5.41) is 7.53. The molecule has 4 heterocycles. The Kier molecular flexibility index (Phi) is 5.52. The van der Waals surface area contributed by atoms with Gasteiger partial charge in [0.2, 0.25) is 5.91 Å². The molecule has 0 N–H and O–H groups in total. The number of aromatic nitrogens is 4. The average molecular weight is 452 g/mol. The summed E-state index contributed by atoms with van der Waals surface area (Å²) in [7, 11) is 0. The first-order valence-corrected chi connectivity index (χ1v) is 11.7. The molecular formula is C23H25N5O3S. The summed E-state index contributed by atoms with van der Waals surface area (Å²) >= 11 is 1.49. The van der Waals surface area contributed by atoms with Crippen LogP contribution >= 0.6 is 11.3 Å². The molecule has 0 radical (unpaired) electrons. The van der Waals surface area contributed by atoms with Gasteiger partial charge in [0.05, 0.1) is 18.6 Å². The van der Waals surface area contributed by atoms with Crippen LogP contribution in [-0.4, -0.2) is 56.3 Å². The second kappa shape index (κ2) is 8.48. The normalized spacial score (nSPS) is 14.7. The molecule has 9 heteroatoms. The third kappa shape index (κ3) is 3.71. The number of rotatable bonds is 5. The summed E-state index contributed by atoms with van der Waals surface area (Å²) in [4.78, 5) is 33.7. The van der Waals surface area contributed by atoms with Gasteiger partial charge in [-0.25, -0.2) is 9.78 Å². The van der Waals surface area contributed by atoms with Gasteiger partial charge >= 0.3 is 5.69 Å². The van der Waals surface area contributed by atoms with Crippen LogP contribution in [0.15, 0.2) is 40.5 Å². The van der Waals surface area contributed by atoms with Crippen molar-refractivity contribution in [1.82, 2.24) is 24.1 Å². The first kappa shape index (κ1) is 20.8. The van der Waals surface area contributed by atoms with E-state index in [0.717, 1.165) is 27.8 Å². The van der Waals surface area contributed by atoms with Gasteiger partial charge < -0.3 is 9.64 Å². The number of thiophene rings is 1. The zero-order valence-electron chi connectivity index (χ0n) is 18.2. The number of morpholine rings is 1. The lowest BCUT2D eigenvalue weighted by Gasteiger charge is -2.27. The summed E-state index contributed by atoms with van der Waals surface area (Å²) in [5.41, 5.74) is 2.18. The van der Waals surface area contributed by atoms with Crippen LogP contribution in [0.25, 0.3) is 27.3 Å². The van der Waals surface area contributed by atoms with Crippen LogP contribution in [0.4, 0.5) is 0 Å². The molecule has 1 saturated heterocycles. The van der Waals surface area contributed by atoms with Crippen LogP contribution in [0, 0.1) is 5.92 Å². The van der Waals surface area contributed by atoms with Crippen LogP contribution in [0.2, 0.25) is 0 Å². The maximum absolute atomic E-state index is 13.5. The van der Waals surface area contributed by atoms with Gasteiger partial charge in [-0.1, -0.05) is 44.2 Å². The Balaban J connectivity index is 1.69. The van der Waals surface area contributed by atoms with E-state index in [-0.39, 0.29) is 18.1 Å². The number of carbonyl (C=O) groups is 1. The predicted molar refractivity (Wildman–Crippen MR) is 124 cm³/mol. The first-order valence-electron chi connectivity index (χ1n) is 10.8. The molecule has 1 amide bonds. The maximum Gasteiger partial charge on any atom is 0.352 e. The minimum atomic E-state index is -0.346. The van der Waals surface area contributed by atoms with Crippen LogP contribution in [-0.2, 0) is 22.5 Å². The van der Waals surface area contributed by atoms with E-state index in [4.69, 9.17) is 9.72 Å². The molecule has 0 bridgehead atoms. The van der Waals surface area contributed by atoms with E-state index in [9.17, 15) is 9.59 Å². The van der Waals surface area contributed by atoms with E-state index in [1.54, 1.807) is 9.47 Å². The van der Waals surface area contributed by atoms with E-state index >= 15 is 0 Å². The maximum atomic E-state index is 13.5. The Labute approximate surface area is 189 Å². The van der Waals surface area contributed by atoms with E-state index in [1.807, 2.05) is 30.3 Å². The molecule has 8 nitrogen and oxygen atoms in total. The standard InChI is InChI=1S/C23H25N5O3S/c1-15(2)12-17-14-32-22-19(17)21-24-20(16-6-4-3-5-7-16)25-28(21)23(30)27(22)13-18(29)26-8-10-31-11-9-26/h3-7,14-15H,8-13H2,1-2H3. The molecule has 4 aromatic rings. The Bertz CT molecular complexity index is 1330. The highest BCUT2D eigenvalue weighted by atomic mass is 32.1. The number of ether oxygens (including phenoxy) is 1. The van der Waals surface area contributed by atoms with Gasteiger partial charge in [-0.15, -0.1) is 16.4 Å². The lowest BCUT2D eigenvalue weighted by atomic mass is 10.0. The summed E-state index contributed by atoms with van der Waals surface area (Å²) in [6.07, 6.45) is 0.860. The third-order valence-electron chi connectivity index (χ3n) is 5.65. The van der Waals surface area contributed by atoms with Crippen molar-refractivity contribution >= 4 is 33.1 Å². The van der Waals surface area contributed by atoms with Gasteiger partial charge in [0, 0.05) is 18.7 Å². The summed E-state index contributed by atoms with van der Waals surface area (Å²) < 4.78 is 8.26. The second-order valence-electron chi connectivity index (χ2n) is 8.44. The molecule has 32 heavy (non-hydrogen) atoms. The van der Waals surface area contributed by atoms with Gasteiger partial charge in [-0.3, -0.25) is 9.36 Å². The van der Waals surface area contributed by atoms with Gasteiger partial charge in [-0.2, -0.15) is 4.52 Å². The molecule has 3 aromatic heterocycles. The summed E-state index contributed by atoms with van der Waals surface area (Å²) in [5.74, 6) is 0.862. The fourth-order valence-electron chi connectivity index (χ4n) is 4.12. The molecule has 166 valence electrons. The highest BCUT2D eigenvalue weighted by Crippen LogP contribution is 2.31. The Hall–Kier alpha value is -3.04. The van der Waals surface area contributed by atoms with Gasteiger partial charge in [-0.05, 0) is 23.3 Å². The fourth-order valence-corrected chi connectivity index (χ4v) is 5.19. The largest absolute Gasteiger partial charge is 0.378 e. The molecule has 1 fully saturated rings. The van der Waals surface area contributed by atoms with Gasteiger partial charge in [0.1, 0.15) is 11.4 Å². The molecule has 0 aliphatic carbocycles. The Morgan fingerprint density at radius 1 is 1.19 bits per heavy atom. The van der Waals surface area contributed by atoms with Crippen LogP contribution in [0.1, 0.15) is 19.4 Å². The molecule has 1 aliphatic heterocycles. The highest BCUT2D eigenvalue weighted by molar-refractivity contribution is 7.17. The Morgan fingerprint density at radius 2 is 1.94 bits per heavy atom. The predicted octanol–water partition coefficient (Wildman–Crippen LogP) is 2.83. The van der Waals surface area contributed by atoms with Crippen molar-refractivity contribution in [2.75, 3.05) is 26.3 Å². The number of carbonyl (C=O) groups excluding carboxylic acids is 1. The molecule has 5 rings (SSSR count). The van der Waals surface area contributed by atoms with Crippen molar-refractivity contribution in [2.45, 2.75) is 26.8 Å². The molecule has 0 spiro atoms. The topological polar surface area (TPSA) is 81.7 Å². The lowest BCUT2D eigenvalue weighted by Crippen LogP contribution is -2.44. The molecule has 0 unspecified atom stereocenters. The van der Waals surface area contributed by atoms with Gasteiger partial charge in [0.25, 0.3) is 0 Å². The smallest absolute Gasteiger partial charge is 0.352 e. The molecule has 0 atom stereocenters. The number of amides is 1. The van der Waals surface area contributed by atoms with Crippen molar-refractivity contribution in [1.29, 1.82) is 0 Å². The number of hydrogen-bond donors (Lipinski definition) is 0. The Morgan fingerprint density at radius 3 is 2.66 bits per heavy atom. The van der Waals surface area contributed by atoms with E-state index in [1.165, 1.54) is 15.9 Å². The number of hydrogen-bond acceptors (Lipinski definition) is 6. The quantitative estimate of drug-likeness (QED) is 0.466.